The molecule has 106 valence electrons. The first-order valence-electron chi connectivity index (χ1n) is 6.75. The van der Waals surface area contributed by atoms with Gasteiger partial charge in [0.15, 0.2) is 0 Å². The van der Waals surface area contributed by atoms with Gasteiger partial charge in [0.25, 0.3) is 0 Å². The normalized spacial score (nSPS) is 10.5. The van der Waals surface area contributed by atoms with Gasteiger partial charge < -0.3 is 9.42 Å². The molecule has 0 aromatic carbocycles. The summed E-state index contributed by atoms with van der Waals surface area (Å²) in [6.07, 6.45) is 4.21. The number of rotatable bonds is 6. The van der Waals surface area contributed by atoms with Crippen molar-refractivity contribution in [1.29, 1.82) is 0 Å². The number of carbonyl (C=O) groups excluding carboxylic acids is 1. The van der Waals surface area contributed by atoms with Crippen LogP contribution in [0.15, 0.2) is 29.0 Å². The molecule has 0 saturated heterocycles. The number of carbonyl (C=O) groups is 1. The molecule has 0 saturated carbocycles. The van der Waals surface area contributed by atoms with Gasteiger partial charge in [-0.15, -0.1) is 0 Å². The molecular weight excluding hydrogens is 256 g/mol. The highest BCUT2D eigenvalue weighted by atomic mass is 16.5. The fourth-order valence-corrected chi connectivity index (χ4v) is 1.92. The fourth-order valence-electron chi connectivity index (χ4n) is 1.92. The van der Waals surface area contributed by atoms with E-state index in [0.717, 1.165) is 18.7 Å². The van der Waals surface area contributed by atoms with Gasteiger partial charge in [0.05, 0.1) is 0 Å². The van der Waals surface area contributed by atoms with Crippen LogP contribution < -0.4 is 0 Å². The van der Waals surface area contributed by atoms with Crippen LogP contribution in [-0.2, 0) is 11.2 Å². The average molecular weight is 274 g/mol. The minimum absolute atomic E-state index is 0.110. The molecule has 0 atom stereocenters. The van der Waals surface area contributed by atoms with E-state index in [1.54, 1.807) is 17.3 Å². The first kappa shape index (κ1) is 14.2. The Morgan fingerprint density at radius 1 is 1.25 bits per heavy atom. The van der Waals surface area contributed by atoms with Crippen molar-refractivity contribution >= 4 is 5.91 Å². The zero-order chi connectivity index (χ0) is 14.4. The van der Waals surface area contributed by atoms with Crippen molar-refractivity contribution in [2.75, 3.05) is 13.1 Å². The van der Waals surface area contributed by atoms with Crippen LogP contribution in [0.2, 0.25) is 0 Å². The van der Waals surface area contributed by atoms with Gasteiger partial charge in [-0.2, -0.15) is 4.98 Å². The number of hydrogen-bond donors (Lipinski definition) is 0. The van der Waals surface area contributed by atoms with Crippen LogP contribution in [0.25, 0.3) is 11.4 Å². The van der Waals surface area contributed by atoms with E-state index in [0.29, 0.717) is 24.6 Å². The lowest BCUT2D eigenvalue weighted by Crippen LogP contribution is -2.30. The third kappa shape index (κ3) is 3.40. The van der Waals surface area contributed by atoms with Crippen molar-refractivity contribution in [3.63, 3.8) is 0 Å². The molecule has 0 aliphatic carbocycles. The van der Waals surface area contributed by atoms with Crippen molar-refractivity contribution < 1.29 is 9.32 Å². The molecule has 2 aromatic rings. The molecule has 2 heterocycles. The number of pyridine rings is 1. The van der Waals surface area contributed by atoms with Gasteiger partial charge >= 0.3 is 0 Å². The van der Waals surface area contributed by atoms with Crippen molar-refractivity contribution in [2.45, 2.75) is 26.7 Å². The summed E-state index contributed by atoms with van der Waals surface area (Å²) in [5.74, 6) is 1.12. The van der Waals surface area contributed by atoms with E-state index in [1.165, 1.54) is 0 Å². The summed E-state index contributed by atoms with van der Waals surface area (Å²) >= 11 is 0. The number of hydrogen-bond acceptors (Lipinski definition) is 5. The second-order valence-electron chi connectivity index (χ2n) is 4.31. The van der Waals surface area contributed by atoms with Gasteiger partial charge in [0, 0.05) is 43.9 Å². The fraction of sp³-hybridized carbons (Fsp3) is 0.429. The smallest absolute Gasteiger partial charge is 0.227 e. The summed E-state index contributed by atoms with van der Waals surface area (Å²) < 4.78 is 5.16. The topological polar surface area (TPSA) is 72.1 Å². The first-order chi connectivity index (χ1) is 9.74. The predicted octanol–water partition coefficient (Wildman–Crippen LogP) is 1.93. The van der Waals surface area contributed by atoms with Crippen LogP contribution in [-0.4, -0.2) is 39.0 Å². The van der Waals surface area contributed by atoms with Crippen LogP contribution >= 0.6 is 0 Å². The summed E-state index contributed by atoms with van der Waals surface area (Å²) in [6.45, 7) is 5.38. The molecule has 0 spiro atoms. The maximum absolute atomic E-state index is 11.9. The lowest BCUT2D eigenvalue weighted by molar-refractivity contribution is -0.130. The average Bonchev–Trinajstić information content (AvgIpc) is 2.96. The van der Waals surface area contributed by atoms with Gasteiger partial charge in [-0.3, -0.25) is 9.78 Å². The summed E-state index contributed by atoms with van der Waals surface area (Å²) in [5.41, 5.74) is 0.852. The van der Waals surface area contributed by atoms with E-state index in [-0.39, 0.29) is 5.91 Å². The Morgan fingerprint density at radius 3 is 2.60 bits per heavy atom. The molecule has 6 nitrogen and oxygen atoms in total. The molecule has 0 bridgehead atoms. The summed E-state index contributed by atoms with van der Waals surface area (Å²) in [4.78, 5) is 21.9. The number of nitrogens with zero attached hydrogens (tertiary/aromatic N) is 4. The van der Waals surface area contributed by atoms with Gasteiger partial charge in [0.2, 0.25) is 17.6 Å². The van der Waals surface area contributed by atoms with Crippen LogP contribution in [0.4, 0.5) is 0 Å². The largest absolute Gasteiger partial charge is 0.343 e. The molecule has 0 aliphatic rings. The lowest BCUT2D eigenvalue weighted by Gasteiger charge is -2.17. The lowest BCUT2D eigenvalue weighted by atomic mass is 10.2. The van der Waals surface area contributed by atoms with E-state index in [1.807, 2.05) is 26.0 Å². The van der Waals surface area contributed by atoms with E-state index < -0.39 is 0 Å². The maximum atomic E-state index is 11.9. The summed E-state index contributed by atoms with van der Waals surface area (Å²) in [7, 11) is 0. The van der Waals surface area contributed by atoms with Gasteiger partial charge in [-0.1, -0.05) is 5.16 Å². The van der Waals surface area contributed by atoms with Crippen LogP contribution in [0.1, 0.15) is 26.2 Å². The highest BCUT2D eigenvalue weighted by Crippen LogP contribution is 2.14. The van der Waals surface area contributed by atoms with Crippen molar-refractivity contribution in [3.8, 4) is 11.4 Å². The van der Waals surface area contributed by atoms with Gasteiger partial charge in [0.1, 0.15) is 0 Å². The molecule has 2 aromatic heterocycles. The zero-order valence-electron chi connectivity index (χ0n) is 11.7. The molecule has 20 heavy (non-hydrogen) atoms. The molecule has 2 rings (SSSR count). The van der Waals surface area contributed by atoms with Crippen molar-refractivity contribution in [2.24, 2.45) is 0 Å². The Balaban J connectivity index is 1.95. The molecular formula is C14H18N4O2. The maximum Gasteiger partial charge on any atom is 0.227 e. The van der Waals surface area contributed by atoms with E-state index in [4.69, 9.17) is 4.52 Å². The van der Waals surface area contributed by atoms with E-state index in [9.17, 15) is 4.79 Å². The molecule has 0 aliphatic heterocycles. The summed E-state index contributed by atoms with van der Waals surface area (Å²) in [6, 6.07) is 3.63. The highest BCUT2D eigenvalue weighted by molar-refractivity contribution is 5.76. The van der Waals surface area contributed by atoms with Crippen LogP contribution in [0, 0.1) is 0 Å². The summed E-state index contributed by atoms with van der Waals surface area (Å²) in [5, 5.41) is 3.91. The quantitative estimate of drug-likeness (QED) is 0.804. The second kappa shape index (κ2) is 6.79. The Bertz CT molecular complexity index is 549. The molecule has 0 radical (unpaired) electrons. The van der Waals surface area contributed by atoms with E-state index in [2.05, 4.69) is 15.1 Å². The molecule has 0 N–H and O–H groups in total. The Morgan fingerprint density at radius 2 is 1.95 bits per heavy atom. The second-order valence-corrected chi connectivity index (χ2v) is 4.31. The minimum Gasteiger partial charge on any atom is -0.343 e. The standard InChI is InChI=1S/C14H18N4O2/c1-3-18(4-2)13(19)6-5-12-16-14(17-20-12)11-7-9-15-10-8-11/h7-10H,3-6H2,1-2H3. The number of aromatic nitrogens is 3. The third-order valence-corrected chi connectivity index (χ3v) is 3.08. The van der Waals surface area contributed by atoms with Crippen molar-refractivity contribution in [3.05, 3.63) is 30.4 Å². The predicted molar refractivity (Wildman–Crippen MR) is 73.8 cm³/mol. The van der Waals surface area contributed by atoms with Gasteiger partial charge in [-0.05, 0) is 26.0 Å². The van der Waals surface area contributed by atoms with E-state index >= 15 is 0 Å². The Labute approximate surface area is 117 Å². The van der Waals surface area contributed by atoms with Crippen LogP contribution in [0.3, 0.4) is 0 Å². The van der Waals surface area contributed by atoms with Gasteiger partial charge in [-0.25, -0.2) is 0 Å². The first-order valence-corrected chi connectivity index (χ1v) is 6.75. The molecule has 1 amide bonds. The SMILES string of the molecule is CCN(CC)C(=O)CCc1nc(-c2ccncc2)no1. The molecule has 6 heteroatoms. The third-order valence-electron chi connectivity index (χ3n) is 3.08. The number of amides is 1. The Hall–Kier alpha value is -2.24. The number of aryl methyl sites for hydroxylation is 1. The Kier molecular flexibility index (Phi) is 4.81. The highest BCUT2D eigenvalue weighted by Gasteiger charge is 2.13. The molecule has 0 unspecified atom stereocenters. The van der Waals surface area contributed by atoms with Crippen LogP contribution in [0.5, 0.6) is 0 Å². The monoisotopic (exact) mass is 274 g/mol. The molecule has 0 fully saturated rings. The zero-order valence-corrected chi connectivity index (χ0v) is 11.7. The van der Waals surface area contributed by atoms with Crippen molar-refractivity contribution in [1.82, 2.24) is 20.0 Å². The minimum atomic E-state index is 0.110.